The van der Waals surface area contributed by atoms with Crippen molar-refractivity contribution in [1.29, 1.82) is 0 Å². The van der Waals surface area contributed by atoms with Crippen molar-refractivity contribution in [3.63, 3.8) is 0 Å². The molecule has 120 valence electrons. The number of benzene rings is 1. The van der Waals surface area contributed by atoms with E-state index in [1.54, 1.807) is 0 Å². The first kappa shape index (κ1) is 16.5. The van der Waals surface area contributed by atoms with Crippen molar-refractivity contribution in [2.24, 2.45) is 0 Å². The molecule has 0 saturated carbocycles. The van der Waals surface area contributed by atoms with E-state index in [4.69, 9.17) is 4.74 Å². The highest BCUT2D eigenvalue weighted by molar-refractivity contribution is 5.97. The van der Waals surface area contributed by atoms with Crippen molar-refractivity contribution < 1.29 is 14.3 Å². The van der Waals surface area contributed by atoms with Gasteiger partial charge in [0.1, 0.15) is 5.56 Å². The fourth-order valence-electron chi connectivity index (χ4n) is 2.12. The van der Waals surface area contributed by atoms with Gasteiger partial charge in [-0.05, 0) is 18.6 Å². The molecular weight excluding hydrogens is 296 g/mol. The molecule has 2 rings (SSSR count). The van der Waals surface area contributed by atoms with Gasteiger partial charge in [0.2, 0.25) is 0 Å². The second-order valence-electron chi connectivity index (χ2n) is 5.09. The van der Waals surface area contributed by atoms with E-state index < -0.39 is 17.4 Å². The smallest absolute Gasteiger partial charge is 0.339 e. The third-order valence-corrected chi connectivity index (χ3v) is 3.32. The number of carbonyl (C=O) groups excluding carboxylic acids is 2. The summed E-state index contributed by atoms with van der Waals surface area (Å²) in [5.74, 6) is -1.14. The molecule has 0 atom stereocenters. The van der Waals surface area contributed by atoms with Crippen LogP contribution in [0.2, 0.25) is 0 Å². The predicted octanol–water partition coefficient (Wildman–Crippen LogP) is 1.44. The number of pyridine rings is 1. The van der Waals surface area contributed by atoms with Crippen LogP contribution >= 0.6 is 0 Å². The Morgan fingerprint density at radius 2 is 2.04 bits per heavy atom. The maximum absolute atomic E-state index is 12.0. The summed E-state index contributed by atoms with van der Waals surface area (Å²) in [5.41, 5.74) is 1.67. The molecule has 1 heterocycles. The number of nitrogens with one attached hydrogen (secondary N) is 2. The number of hydrogen-bond acceptors (Lipinski definition) is 4. The van der Waals surface area contributed by atoms with E-state index in [1.807, 2.05) is 31.2 Å². The molecule has 0 aliphatic heterocycles. The first-order chi connectivity index (χ1) is 11.0. The second-order valence-corrected chi connectivity index (χ2v) is 5.09. The lowest BCUT2D eigenvalue weighted by atomic mass is 10.1. The van der Waals surface area contributed by atoms with Crippen molar-refractivity contribution >= 4 is 11.9 Å². The van der Waals surface area contributed by atoms with E-state index in [0.717, 1.165) is 11.1 Å². The molecule has 0 unspecified atom stereocenters. The summed E-state index contributed by atoms with van der Waals surface area (Å²) >= 11 is 0. The van der Waals surface area contributed by atoms with Gasteiger partial charge in [0.05, 0.1) is 12.2 Å². The van der Waals surface area contributed by atoms with E-state index >= 15 is 0 Å². The van der Waals surface area contributed by atoms with Gasteiger partial charge in [-0.2, -0.15) is 0 Å². The second kappa shape index (κ2) is 7.40. The minimum atomic E-state index is -0.584. The van der Waals surface area contributed by atoms with E-state index in [9.17, 15) is 14.4 Å². The monoisotopic (exact) mass is 314 g/mol. The number of amides is 1. The largest absolute Gasteiger partial charge is 0.462 e. The van der Waals surface area contributed by atoms with Crippen LogP contribution in [-0.4, -0.2) is 30.5 Å². The van der Waals surface area contributed by atoms with Crippen molar-refractivity contribution in [3.8, 4) is 0 Å². The molecule has 2 N–H and O–H groups in total. The Labute approximate surface area is 133 Å². The summed E-state index contributed by atoms with van der Waals surface area (Å²) in [4.78, 5) is 37.5. The summed E-state index contributed by atoms with van der Waals surface area (Å²) in [6.07, 6.45) is 1.84. The normalized spacial score (nSPS) is 10.2. The maximum atomic E-state index is 12.0. The van der Waals surface area contributed by atoms with Gasteiger partial charge in [-0.25, -0.2) is 4.79 Å². The number of carbonyl (C=O) groups is 2. The molecule has 6 nitrogen and oxygen atoms in total. The highest BCUT2D eigenvalue weighted by Crippen LogP contribution is 2.06. The van der Waals surface area contributed by atoms with Gasteiger partial charge in [-0.3, -0.25) is 9.59 Å². The van der Waals surface area contributed by atoms with Crippen molar-refractivity contribution in [1.82, 2.24) is 10.3 Å². The van der Waals surface area contributed by atoms with Gasteiger partial charge in [0.25, 0.3) is 11.5 Å². The van der Waals surface area contributed by atoms with Gasteiger partial charge >= 0.3 is 5.97 Å². The molecule has 1 aromatic heterocycles. The zero-order valence-electron chi connectivity index (χ0n) is 13.0. The van der Waals surface area contributed by atoms with Crippen LogP contribution in [0.15, 0.2) is 41.3 Å². The van der Waals surface area contributed by atoms with Gasteiger partial charge in [0, 0.05) is 19.7 Å². The lowest BCUT2D eigenvalue weighted by Crippen LogP contribution is -2.27. The van der Waals surface area contributed by atoms with E-state index in [2.05, 4.69) is 10.3 Å². The molecule has 23 heavy (non-hydrogen) atoms. The number of esters is 1. The fraction of sp³-hybridized carbons (Fsp3) is 0.235. The lowest BCUT2D eigenvalue weighted by Gasteiger charge is -2.06. The Balaban J connectivity index is 2.01. The highest BCUT2D eigenvalue weighted by atomic mass is 16.5. The number of rotatable bonds is 5. The lowest BCUT2D eigenvalue weighted by molar-refractivity contribution is 0.0508. The standard InChI is InChI=1S/C17H18N2O4/c1-11-4-3-5-12(8-11)6-7-23-17(22)13-9-14(15(20)18-2)16(21)19-10-13/h3-5,8-10H,6-7H2,1-2H3,(H,18,20)(H,19,21). The molecule has 1 amide bonds. The van der Waals surface area contributed by atoms with E-state index in [-0.39, 0.29) is 17.7 Å². The molecule has 0 aliphatic carbocycles. The van der Waals surface area contributed by atoms with Gasteiger partial charge < -0.3 is 15.0 Å². The van der Waals surface area contributed by atoms with Crippen LogP contribution in [0.4, 0.5) is 0 Å². The minimum Gasteiger partial charge on any atom is -0.462 e. The summed E-state index contributed by atoms with van der Waals surface area (Å²) < 4.78 is 5.19. The molecule has 0 fully saturated rings. The molecule has 2 aromatic rings. The Morgan fingerprint density at radius 1 is 1.26 bits per heavy atom. The van der Waals surface area contributed by atoms with Gasteiger partial charge in [0.15, 0.2) is 0 Å². The first-order valence-electron chi connectivity index (χ1n) is 7.18. The number of aryl methyl sites for hydroxylation is 1. The highest BCUT2D eigenvalue weighted by Gasteiger charge is 2.14. The number of aromatic nitrogens is 1. The third kappa shape index (κ3) is 4.29. The predicted molar refractivity (Wildman–Crippen MR) is 85.6 cm³/mol. The topological polar surface area (TPSA) is 88.3 Å². The SMILES string of the molecule is CNC(=O)c1cc(C(=O)OCCc2cccc(C)c2)c[nH]c1=O. The van der Waals surface area contributed by atoms with Crippen molar-refractivity contribution in [2.75, 3.05) is 13.7 Å². The Bertz CT molecular complexity index is 780. The molecular formula is C17H18N2O4. The number of aromatic amines is 1. The summed E-state index contributed by atoms with van der Waals surface area (Å²) in [6, 6.07) is 9.16. The zero-order chi connectivity index (χ0) is 16.8. The van der Waals surface area contributed by atoms with E-state index in [1.165, 1.54) is 19.3 Å². The quantitative estimate of drug-likeness (QED) is 0.818. The first-order valence-corrected chi connectivity index (χ1v) is 7.18. The molecule has 6 heteroatoms. The van der Waals surface area contributed by atoms with Crippen molar-refractivity contribution in [3.05, 3.63) is 69.1 Å². The number of ether oxygens (including phenoxy) is 1. The average Bonchev–Trinajstić information content (AvgIpc) is 2.54. The number of hydrogen-bond donors (Lipinski definition) is 2. The van der Waals surface area contributed by atoms with Gasteiger partial charge in [-0.15, -0.1) is 0 Å². The maximum Gasteiger partial charge on any atom is 0.339 e. The van der Waals surface area contributed by atoms with Crippen LogP contribution in [-0.2, 0) is 11.2 Å². The molecule has 0 aliphatic rings. The van der Waals surface area contributed by atoms with Crippen LogP contribution in [0.25, 0.3) is 0 Å². The van der Waals surface area contributed by atoms with Crippen LogP contribution in [0, 0.1) is 6.92 Å². The molecule has 1 aromatic carbocycles. The molecule has 0 spiro atoms. The van der Waals surface area contributed by atoms with Crippen molar-refractivity contribution in [2.45, 2.75) is 13.3 Å². The molecule has 0 radical (unpaired) electrons. The fourth-order valence-corrected chi connectivity index (χ4v) is 2.12. The molecule has 0 bridgehead atoms. The summed E-state index contributed by atoms with van der Waals surface area (Å²) in [5, 5.41) is 2.35. The van der Waals surface area contributed by atoms with Crippen LogP contribution in [0.3, 0.4) is 0 Å². The Hall–Kier alpha value is -2.89. The van der Waals surface area contributed by atoms with Crippen LogP contribution in [0.5, 0.6) is 0 Å². The minimum absolute atomic E-state index is 0.124. The van der Waals surface area contributed by atoms with Crippen LogP contribution < -0.4 is 10.9 Å². The third-order valence-electron chi connectivity index (χ3n) is 3.32. The van der Waals surface area contributed by atoms with E-state index in [0.29, 0.717) is 6.42 Å². The zero-order valence-corrected chi connectivity index (χ0v) is 13.0. The Kier molecular flexibility index (Phi) is 5.30. The molecule has 0 saturated heterocycles. The summed E-state index contributed by atoms with van der Waals surface area (Å²) in [7, 11) is 1.41. The summed E-state index contributed by atoms with van der Waals surface area (Å²) in [6.45, 7) is 2.22. The average molecular weight is 314 g/mol. The van der Waals surface area contributed by atoms with Crippen LogP contribution in [0.1, 0.15) is 31.8 Å². The Morgan fingerprint density at radius 3 is 2.74 bits per heavy atom. The number of H-pyrrole nitrogens is 1. The van der Waals surface area contributed by atoms with Gasteiger partial charge in [-0.1, -0.05) is 29.8 Å².